The summed E-state index contributed by atoms with van der Waals surface area (Å²) in [6.07, 6.45) is 0. The Morgan fingerprint density at radius 1 is 1.13 bits per heavy atom. The molecule has 8 heteroatoms. The minimum absolute atomic E-state index is 0.0665. The van der Waals surface area contributed by atoms with Gasteiger partial charge in [0.15, 0.2) is 0 Å². The second-order valence-electron chi connectivity index (χ2n) is 4.54. The van der Waals surface area contributed by atoms with Crippen LogP contribution < -0.4 is 5.32 Å². The highest BCUT2D eigenvalue weighted by molar-refractivity contribution is 7.08. The van der Waals surface area contributed by atoms with Gasteiger partial charge in [-0.25, -0.2) is 4.39 Å². The lowest BCUT2D eigenvalue weighted by molar-refractivity contribution is 0.103. The zero-order valence-corrected chi connectivity index (χ0v) is 13.7. The predicted octanol–water partition coefficient (Wildman–Crippen LogP) is 4.90. The Kier molecular flexibility index (Phi) is 4.56. The average Bonchev–Trinajstić information content (AvgIpc) is 3.01. The normalized spacial score (nSPS) is 10.6. The Morgan fingerprint density at radius 2 is 1.87 bits per heavy atom. The molecule has 0 aliphatic carbocycles. The Morgan fingerprint density at radius 3 is 2.57 bits per heavy atom. The van der Waals surface area contributed by atoms with Gasteiger partial charge in [-0.2, -0.15) is 0 Å². The van der Waals surface area contributed by atoms with Crippen molar-refractivity contribution in [3.8, 4) is 11.3 Å². The van der Waals surface area contributed by atoms with Gasteiger partial charge < -0.3 is 5.32 Å². The smallest absolute Gasteiger partial charge is 0.269 e. The van der Waals surface area contributed by atoms with Crippen LogP contribution in [0, 0.1) is 5.82 Å². The number of aromatic nitrogens is 2. The molecule has 23 heavy (non-hydrogen) atoms. The van der Waals surface area contributed by atoms with E-state index in [9.17, 15) is 9.18 Å². The molecule has 0 spiro atoms. The molecule has 1 aromatic heterocycles. The van der Waals surface area contributed by atoms with Gasteiger partial charge in [0.1, 0.15) is 16.4 Å². The van der Waals surface area contributed by atoms with Gasteiger partial charge in [-0.1, -0.05) is 39.8 Å². The maximum Gasteiger partial charge on any atom is 0.269 e. The fourth-order valence-electron chi connectivity index (χ4n) is 1.90. The second kappa shape index (κ2) is 6.62. The molecule has 0 radical (unpaired) electrons. The summed E-state index contributed by atoms with van der Waals surface area (Å²) in [7, 11) is 0. The van der Waals surface area contributed by atoms with E-state index in [0.29, 0.717) is 21.3 Å². The van der Waals surface area contributed by atoms with Gasteiger partial charge in [-0.15, -0.1) is 5.10 Å². The molecule has 0 atom stereocenters. The summed E-state index contributed by atoms with van der Waals surface area (Å²) in [5.41, 5.74) is 1.57. The first-order valence-corrected chi connectivity index (χ1v) is 7.92. The number of benzene rings is 2. The van der Waals surface area contributed by atoms with E-state index in [1.807, 2.05) is 0 Å². The standard InChI is InChI=1S/C15H8Cl2FN3OS/c16-9-3-1-8(2-4-9)13-14(23-21-20-13)15(22)19-10-5-6-12(18)11(17)7-10/h1-7H,(H,19,22). The summed E-state index contributed by atoms with van der Waals surface area (Å²) < 4.78 is 17.0. The maximum absolute atomic E-state index is 13.2. The number of amides is 1. The largest absolute Gasteiger partial charge is 0.321 e. The van der Waals surface area contributed by atoms with Gasteiger partial charge in [0.25, 0.3) is 5.91 Å². The molecule has 0 saturated heterocycles. The van der Waals surface area contributed by atoms with Crippen LogP contribution in [0.4, 0.5) is 10.1 Å². The number of carbonyl (C=O) groups excluding carboxylic acids is 1. The zero-order valence-electron chi connectivity index (χ0n) is 11.4. The van der Waals surface area contributed by atoms with Crippen LogP contribution >= 0.6 is 34.7 Å². The second-order valence-corrected chi connectivity index (χ2v) is 6.14. The highest BCUT2D eigenvalue weighted by Gasteiger charge is 2.18. The van der Waals surface area contributed by atoms with Gasteiger partial charge in [0.05, 0.1) is 5.02 Å². The molecule has 0 saturated carbocycles. The van der Waals surface area contributed by atoms with Crippen molar-refractivity contribution in [2.45, 2.75) is 0 Å². The quantitative estimate of drug-likeness (QED) is 0.715. The number of halogens is 3. The number of hydrogen-bond acceptors (Lipinski definition) is 4. The summed E-state index contributed by atoms with van der Waals surface area (Å²) in [6, 6.07) is 10.9. The van der Waals surface area contributed by atoms with Crippen LogP contribution in [-0.2, 0) is 0 Å². The number of carbonyl (C=O) groups is 1. The highest BCUT2D eigenvalue weighted by atomic mass is 35.5. The van der Waals surface area contributed by atoms with Crippen molar-refractivity contribution in [2.24, 2.45) is 0 Å². The Balaban J connectivity index is 1.87. The molecular formula is C15H8Cl2FN3OS. The van der Waals surface area contributed by atoms with Gasteiger partial charge in [-0.05, 0) is 41.9 Å². The number of anilines is 1. The molecule has 2 aromatic carbocycles. The van der Waals surface area contributed by atoms with Crippen molar-refractivity contribution in [3.63, 3.8) is 0 Å². The molecular weight excluding hydrogens is 360 g/mol. The van der Waals surface area contributed by atoms with E-state index in [2.05, 4.69) is 14.9 Å². The van der Waals surface area contributed by atoms with Crippen LogP contribution in [0.25, 0.3) is 11.3 Å². The third kappa shape index (κ3) is 3.50. The Bertz CT molecular complexity index is 867. The van der Waals surface area contributed by atoms with E-state index in [4.69, 9.17) is 23.2 Å². The maximum atomic E-state index is 13.2. The van der Waals surface area contributed by atoms with Crippen molar-refractivity contribution < 1.29 is 9.18 Å². The average molecular weight is 368 g/mol. The lowest BCUT2D eigenvalue weighted by Crippen LogP contribution is -2.11. The molecule has 3 rings (SSSR count). The van der Waals surface area contributed by atoms with E-state index in [1.165, 1.54) is 18.2 Å². The van der Waals surface area contributed by atoms with Crippen molar-refractivity contribution in [2.75, 3.05) is 5.32 Å². The molecule has 0 fully saturated rings. The summed E-state index contributed by atoms with van der Waals surface area (Å²) in [5.74, 6) is -0.946. The molecule has 116 valence electrons. The lowest BCUT2D eigenvalue weighted by atomic mass is 10.1. The number of nitrogens with zero attached hydrogens (tertiary/aromatic N) is 2. The van der Waals surface area contributed by atoms with Gasteiger partial charge in [0, 0.05) is 16.3 Å². The summed E-state index contributed by atoms with van der Waals surface area (Å²) in [4.78, 5) is 12.7. The first-order valence-electron chi connectivity index (χ1n) is 6.39. The van der Waals surface area contributed by atoms with Crippen molar-refractivity contribution in [3.05, 3.63) is 63.2 Å². The fraction of sp³-hybridized carbons (Fsp3) is 0. The molecule has 1 N–H and O–H groups in total. The molecule has 3 aromatic rings. The zero-order chi connectivity index (χ0) is 16.4. The predicted molar refractivity (Wildman–Crippen MR) is 89.7 cm³/mol. The fourth-order valence-corrected chi connectivity index (χ4v) is 2.79. The first-order chi connectivity index (χ1) is 11.0. The van der Waals surface area contributed by atoms with E-state index in [1.54, 1.807) is 24.3 Å². The molecule has 1 heterocycles. The Hall–Kier alpha value is -2.02. The van der Waals surface area contributed by atoms with Gasteiger partial charge in [-0.3, -0.25) is 4.79 Å². The van der Waals surface area contributed by atoms with Crippen LogP contribution in [0.3, 0.4) is 0 Å². The first kappa shape index (κ1) is 15.9. The minimum atomic E-state index is -0.550. The van der Waals surface area contributed by atoms with E-state index in [0.717, 1.165) is 17.1 Å². The summed E-state index contributed by atoms with van der Waals surface area (Å²) in [5, 5.41) is 7.16. The summed E-state index contributed by atoms with van der Waals surface area (Å²) in [6.45, 7) is 0. The van der Waals surface area contributed by atoms with E-state index >= 15 is 0 Å². The van der Waals surface area contributed by atoms with E-state index in [-0.39, 0.29) is 5.02 Å². The number of hydrogen-bond donors (Lipinski definition) is 1. The molecule has 0 bridgehead atoms. The van der Waals surface area contributed by atoms with Crippen LogP contribution in [0.2, 0.25) is 10.0 Å². The Labute approximate surface area is 145 Å². The molecule has 0 unspecified atom stereocenters. The molecule has 0 aliphatic rings. The third-order valence-electron chi connectivity index (χ3n) is 2.99. The molecule has 4 nitrogen and oxygen atoms in total. The van der Waals surface area contributed by atoms with Crippen LogP contribution in [0.5, 0.6) is 0 Å². The van der Waals surface area contributed by atoms with Crippen molar-refractivity contribution in [1.82, 2.24) is 9.59 Å². The third-order valence-corrected chi connectivity index (χ3v) is 4.26. The van der Waals surface area contributed by atoms with Crippen LogP contribution in [0.1, 0.15) is 9.67 Å². The number of rotatable bonds is 3. The van der Waals surface area contributed by atoms with Crippen LogP contribution in [0.15, 0.2) is 42.5 Å². The van der Waals surface area contributed by atoms with Gasteiger partial charge >= 0.3 is 0 Å². The highest BCUT2D eigenvalue weighted by Crippen LogP contribution is 2.27. The SMILES string of the molecule is O=C(Nc1ccc(F)c(Cl)c1)c1snnc1-c1ccc(Cl)cc1. The topological polar surface area (TPSA) is 54.9 Å². The van der Waals surface area contributed by atoms with E-state index < -0.39 is 11.7 Å². The monoisotopic (exact) mass is 367 g/mol. The van der Waals surface area contributed by atoms with Crippen molar-refractivity contribution in [1.29, 1.82) is 0 Å². The summed E-state index contributed by atoms with van der Waals surface area (Å²) >= 11 is 12.5. The lowest BCUT2D eigenvalue weighted by Gasteiger charge is -2.05. The number of nitrogens with one attached hydrogen (secondary N) is 1. The van der Waals surface area contributed by atoms with Gasteiger partial charge in [0.2, 0.25) is 0 Å². The molecule has 0 aliphatic heterocycles. The minimum Gasteiger partial charge on any atom is -0.321 e. The van der Waals surface area contributed by atoms with Crippen LogP contribution in [-0.4, -0.2) is 15.5 Å². The van der Waals surface area contributed by atoms with Crippen molar-refractivity contribution >= 4 is 46.3 Å². The molecule has 1 amide bonds.